The van der Waals surface area contributed by atoms with Crippen LogP contribution in [0, 0.1) is 6.92 Å². The highest BCUT2D eigenvalue weighted by atomic mass is 79.9. The van der Waals surface area contributed by atoms with Crippen LogP contribution in [0.1, 0.15) is 29.2 Å². The predicted octanol–water partition coefficient (Wildman–Crippen LogP) is 3.90. The van der Waals surface area contributed by atoms with Crippen LogP contribution in [0.2, 0.25) is 0 Å². The number of aliphatic hydroxyl groups is 1. The highest BCUT2D eigenvalue weighted by Crippen LogP contribution is 2.30. The van der Waals surface area contributed by atoms with Crippen LogP contribution in [0.3, 0.4) is 0 Å². The van der Waals surface area contributed by atoms with Crippen LogP contribution in [0.25, 0.3) is 0 Å². The number of anilines is 1. The smallest absolute Gasteiger partial charge is 0.0798 e. The largest absolute Gasteiger partial charge is 0.389 e. The van der Waals surface area contributed by atoms with Crippen LogP contribution in [-0.4, -0.2) is 17.1 Å². The highest BCUT2D eigenvalue weighted by molar-refractivity contribution is 9.10. The Kier molecular flexibility index (Phi) is 4.60. The topological polar surface area (TPSA) is 36.4 Å². The zero-order chi connectivity index (χ0) is 14.0. The summed E-state index contributed by atoms with van der Waals surface area (Å²) in [5, 5.41) is 9.58. The second-order valence-electron chi connectivity index (χ2n) is 4.60. The van der Waals surface area contributed by atoms with Gasteiger partial charge in [0.05, 0.1) is 29.5 Å². The number of rotatable bonds is 4. The molecule has 3 nitrogen and oxygen atoms in total. The maximum absolute atomic E-state index is 9.58. The minimum atomic E-state index is -0.445. The van der Waals surface area contributed by atoms with Gasteiger partial charge in [-0.1, -0.05) is 6.07 Å². The lowest BCUT2D eigenvalue weighted by Crippen LogP contribution is -2.16. The van der Waals surface area contributed by atoms with Crippen LogP contribution in [0.5, 0.6) is 0 Å². The molecule has 2 rings (SSSR count). The summed E-state index contributed by atoms with van der Waals surface area (Å²) in [6, 6.07) is 5.96. The molecule has 19 heavy (non-hydrogen) atoms. The molecule has 0 unspecified atom stereocenters. The molecule has 0 aliphatic carbocycles. The Balaban J connectivity index is 2.20. The summed E-state index contributed by atoms with van der Waals surface area (Å²) < 4.78 is 0.996. The van der Waals surface area contributed by atoms with E-state index in [-0.39, 0.29) is 0 Å². The number of halogens is 1. The molecule has 1 heterocycles. The van der Waals surface area contributed by atoms with Crippen molar-refractivity contribution in [3.05, 3.63) is 44.3 Å². The van der Waals surface area contributed by atoms with E-state index >= 15 is 0 Å². The van der Waals surface area contributed by atoms with Crippen molar-refractivity contribution in [2.24, 2.45) is 0 Å². The number of benzene rings is 1. The van der Waals surface area contributed by atoms with Crippen molar-refractivity contribution in [3.63, 3.8) is 0 Å². The zero-order valence-electron chi connectivity index (χ0n) is 11.2. The molecule has 102 valence electrons. The van der Waals surface area contributed by atoms with Gasteiger partial charge in [0.15, 0.2) is 0 Å². The summed E-state index contributed by atoms with van der Waals surface area (Å²) >= 11 is 5.25. The minimum Gasteiger partial charge on any atom is -0.389 e. The molecule has 0 aliphatic rings. The van der Waals surface area contributed by atoms with Crippen molar-refractivity contribution in [2.75, 3.05) is 11.9 Å². The number of nitrogens with zero attached hydrogens (tertiary/aromatic N) is 2. The van der Waals surface area contributed by atoms with Crippen molar-refractivity contribution in [1.29, 1.82) is 0 Å². The standard InChI is InChI=1S/C14H17BrN2OS/c1-9-14(19-8-16-9)7-17(3)13-5-4-11(10(2)18)6-12(13)15/h4-6,8,10,18H,7H2,1-3H3/t10-/m0/s1. The Morgan fingerprint density at radius 2 is 2.21 bits per heavy atom. The summed E-state index contributed by atoms with van der Waals surface area (Å²) in [6.07, 6.45) is -0.445. The van der Waals surface area contributed by atoms with Crippen molar-refractivity contribution >= 4 is 33.0 Å². The first-order chi connectivity index (χ1) is 8.99. The molecule has 0 spiro atoms. The molecule has 5 heteroatoms. The highest BCUT2D eigenvalue weighted by Gasteiger charge is 2.11. The normalized spacial score (nSPS) is 12.5. The summed E-state index contributed by atoms with van der Waals surface area (Å²) in [4.78, 5) is 7.72. The van der Waals surface area contributed by atoms with Gasteiger partial charge in [0.2, 0.25) is 0 Å². The van der Waals surface area contributed by atoms with Gasteiger partial charge in [0.25, 0.3) is 0 Å². The summed E-state index contributed by atoms with van der Waals surface area (Å²) in [5.74, 6) is 0. The lowest BCUT2D eigenvalue weighted by atomic mass is 10.1. The van der Waals surface area contributed by atoms with Crippen LogP contribution in [0.4, 0.5) is 5.69 Å². The fraction of sp³-hybridized carbons (Fsp3) is 0.357. The first kappa shape index (κ1) is 14.5. The average molecular weight is 341 g/mol. The third kappa shape index (κ3) is 3.35. The third-order valence-corrected chi connectivity index (χ3v) is 4.65. The van der Waals surface area contributed by atoms with Gasteiger partial charge in [-0.3, -0.25) is 0 Å². The van der Waals surface area contributed by atoms with E-state index in [0.29, 0.717) is 0 Å². The quantitative estimate of drug-likeness (QED) is 0.916. The van der Waals surface area contributed by atoms with Gasteiger partial charge < -0.3 is 10.0 Å². The molecule has 0 amide bonds. The summed E-state index contributed by atoms with van der Waals surface area (Å²) in [7, 11) is 2.06. The van der Waals surface area contributed by atoms with Crippen LogP contribution >= 0.6 is 27.3 Å². The van der Waals surface area contributed by atoms with Crippen molar-refractivity contribution in [1.82, 2.24) is 4.98 Å². The van der Waals surface area contributed by atoms with Crippen molar-refractivity contribution in [3.8, 4) is 0 Å². The van der Waals surface area contributed by atoms with E-state index in [1.165, 1.54) is 4.88 Å². The Labute approximate surface area is 126 Å². The van der Waals surface area contributed by atoms with Gasteiger partial charge >= 0.3 is 0 Å². The fourth-order valence-corrected chi connectivity index (χ4v) is 3.40. The maximum Gasteiger partial charge on any atom is 0.0798 e. The molecule has 0 radical (unpaired) electrons. The lowest BCUT2D eigenvalue weighted by Gasteiger charge is -2.21. The Bertz CT molecular complexity index is 568. The molecule has 0 fully saturated rings. The zero-order valence-corrected chi connectivity index (χ0v) is 13.6. The number of hydrogen-bond donors (Lipinski definition) is 1. The van der Waals surface area contributed by atoms with Gasteiger partial charge in [-0.15, -0.1) is 11.3 Å². The molecule has 0 bridgehead atoms. The second-order valence-corrected chi connectivity index (χ2v) is 6.40. The Morgan fingerprint density at radius 1 is 1.47 bits per heavy atom. The molecule has 1 atom stereocenters. The van der Waals surface area contributed by atoms with E-state index in [1.54, 1.807) is 18.3 Å². The first-order valence-electron chi connectivity index (χ1n) is 6.06. The molecule has 1 aromatic heterocycles. The van der Waals surface area contributed by atoms with Gasteiger partial charge in [0, 0.05) is 16.4 Å². The average Bonchev–Trinajstić information content (AvgIpc) is 2.74. The number of hydrogen-bond acceptors (Lipinski definition) is 4. The third-order valence-electron chi connectivity index (χ3n) is 3.09. The first-order valence-corrected chi connectivity index (χ1v) is 7.74. The van der Waals surface area contributed by atoms with E-state index in [2.05, 4.69) is 32.9 Å². The molecule has 0 saturated heterocycles. The maximum atomic E-state index is 9.58. The summed E-state index contributed by atoms with van der Waals surface area (Å²) in [5.41, 5.74) is 4.99. The van der Waals surface area contributed by atoms with Crippen molar-refractivity contribution < 1.29 is 5.11 Å². The molecule has 1 N–H and O–H groups in total. The molecular weight excluding hydrogens is 324 g/mol. The number of aliphatic hydroxyl groups excluding tert-OH is 1. The monoisotopic (exact) mass is 340 g/mol. The molecule has 0 aliphatic heterocycles. The predicted molar refractivity (Wildman–Crippen MR) is 83.7 cm³/mol. The van der Waals surface area contributed by atoms with Crippen molar-refractivity contribution in [2.45, 2.75) is 26.5 Å². The van der Waals surface area contributed by atoms with E-state index in [4.69, 9.17) is 0 Å². The van der Waals surface area contributed by atoms with Gasteiger partial charge in [-0.05, 0) is 47.5 Å². The van der Waals surface area contributed by atoms with Gasteiger partial charge in [0.1, 0.15) is 0 Å². The lowest BCUT2D eigenvalue weighted by molar-refractivity contribution is 0.199. The fourth-order valence-electron chi connectivity index (χ4n) is 1.87. The van der Waals surface area contributed by atoms with Crippen LogP contribution in [0.15, 0.2) is 28.2 Å². The molecule has 1 aromatic carbocycles. The molecular formula is C14H17BrN2OS. The number of aryl methyl sites for hydroxylation is 1. The summed E-state index contributed by atoms with van der Waals surface area (Å²) in [6.45, 7) is 4.64. The van der Waals surface area contributed by atoms with Gasteiger partial charge in [-0.25, -0.2) is 4.98 Å². The van der Waals surface area contributed by atoms with E-state index < -0.39 is 6.10 Å². The number of thiazole rings is 1. The van der Waals surface area contributed by atoms with Crippen LogP contribution in [-0.2, 0) is 6.54 Å². The molecule has 2 aromatic rings. The Morgan fingerprint density at radius 3 is 2.74 bits per heavy atom. The Hall–Kier alpha value is -0.910. The van der Waals surface area contributed by atoms with E-state index in [0.717, 1.165) is 28.0 Å². The van der Waals surface area contributed by atoms with E-state index in [9.17, 15) is 5.11 Å². The second kappa shape index (κ2) is 6.03. The van der Waals surface area contributed by atoms with E-state index in [1.807, 2.05) is 30.6 Å². The van der Waals surface area contributed by atoms with Crippen LogP contribution < -0.4 is 4.90 Å². The minimum absolute atomic E-state index is 0.445. The molecule has 0 saturated carbocycles. The SMILES string of the molecule is Cc1ncsc1CN(C)c1ccc([C@H](C)O)cc1Br. The van der Waals surface area contributed by atoms with Gasteiger partial charge in [-0.2, -0.15) is 0 Å². The number of aromatic nitrogens is 1.